The minimum absolute atomic E-state index is 0.0644. The number of rotatable bonds is 7. The van der Waals surface area contributed by atoms with Crippen LogP contribution in [-0.4, -0.2) is 28.5 Å². The highest BCUT2D eigenvalue weighted by Gasteiger charge is 2.17. The molecule has 0 aliphatic heterocycles. The number of aromatic nitrogens is 2. The van der Waals surface area contributed by atoms with E-state index in [1.165, 1.54) is 23.1 Å². The Morgan fingerprint density at radius 2 is 1.93 bits per heavy atom. The molecule has 1 atom stereocenters. The van der Waals surface area contributed by atoms with Crippen molar-refractivity contribution in [1.82, 2.24) is 10.2 Å². The summed E-state index contributed by atoms with van der Waals surface area (Å²) < 4.78 is 5.88. The van der Waals surface area contributed by atoms with Crippen LogP contribution in [0.5, 0.6) is 5.75 Å². The summed E-state index contributed by atoms with van der Waals surface area (Å²) in [5, 5.41) is 14.8. The summed E-state index contributed by atoms with van der Waals surface area (Å²) in [7, 11) is 1.63. The fourth-order valence-electron chi connectivity index (χ4n) is 2.28. The number of nitrogens with one attached hydrogen (secondary N) is 2. The van der Waals surface area contributed by atoms with E-state index >= 15 is 0 Å². The average molecular weight is 401 g/mol. The molecule has 0 radical (unpaired) electrons. The van der Waals surface area contributed by atoms with Crippen molar-refractivity contribution in [3.05, 3.63) is 54.1 Å². The van der Waals surface area contributed by atoms with Gasteiger partial charge in [0.25, 0.3) is 0 Å². The number of methoxy groups -OCH3 is 1. The summed E-state index contributed by atoms with van der Waals surface area (Å²) >= 11 is 2.80. The van der Waals surface area contributed by atoms with Gasteiger partial charge < -0.3 is 15.4 Å². The van der Waals surface area contributed by atoms with Gasteiger partial charge in [-0.25, -0.2) is 0 Å². The van der Waals surface area contributed by atoms with Gasteiger partial charge in [0.2, 0.25) is 11.0 Å². The van der Waals surface area contributed by atoms with Gasteiger partial charge in [0.05, 0.1) is 12.4 Å². The molecule has 0 aliphatic carbocycles. The van der Waals surface area contributed by atoms with Gasteiger partial charge in [0, 0.05) is 11.4 Å². The summed E-state index contributed by atoms with van der Waals surface area (Å²) in [4.78, 5) is 12.4. The van der Waals surface area contributed by atoms with Crippen LogP contribution in [0, 0.1) is 6.92 Å². The molecule has 2 aromatic carbocycles. The summed E-state index contributed by atoms with van der Waals surface area (Å²) in [6.45, 7) is 3.85. The molecule has 0 spiro atoms. The molecule has 6 nitrogen and oxygen atoms in total. The molecule has 2 N–H and O–H groups in total. The molecule has 8 heteroatoms. The van der Waals surface area contributed by atoms with Gasteiger partial charge in [-0.2, -0.15) is 0 Å². The lowest BCUT2D eigenvalue weighted by Crippen LogP contribution is -2.22. The van der Waals surface area contributed by atoms with E-state index in [-0.39, 0.29) is 11.2 Å². The molecule has 140 valence electrons. The number of amides is 1. The fraction of sp³-hybridized carbons (Fsp3) is 0.211. The Kier molecular flexibility index (Phi) is 6.31. The normalized spacial score (nSPS) is 11.7. The van der Waals surface area contributed by atoms with Crippen molar-refractivity contribution in [3.8, 4) is 5.75 Å². The summed E-state index contributed by atoms with van der Waals surface area (Å²) in [5.74, 6) is 0.730. The van der Waals surface area contributed by atoms with Crippen molar-refractivity contribution in [2.45, 2.75) is 23.4 Å². The van der Waals surface area contributed by atoms with E-state index in [4.69, 9.17) is 4.74 Å². The number of ether oxygens (including phenoxy) is 1. The van der Waals surface area contributed by atoms with Gasteiger partial charge in [-0.15, -0.1) is 10.2 Å². The maximum absolute atomic E-state index is 12.4. The number of carbonyl (C=O) groups excluding carboxylic acids is 1. The minimum atomic E-state index is -0.285. The number of anilines is 3. The number of thioether (sulfide) groups is 1. The standard InChI is InChI=1S/C19H20N4O2S2/c1-12-5-4-6-15(11-12)20-17(24)13(2)26-19-23-22-18(27-19)21-14-7-9-16(25-3)10-8-14/h4-11,13H,1-3H3,(H,20,24)(H,21,22)/t13-/m0/s1. The number of nitrogens with zero attached hydrogens (tertiary/aromatic N) is 2. The van der Waals surface area contributed by atoms with E-state index in [2.05, 4.69) is 20.8 Å². The average Bonchev–Trinajstić information content (AvgIpc) is 3.09. The van der Waals surface area contributed by atoms with E-state index in [0.717, 1.165) is 27.0 Å². The third-order valence-corrected chi connectivity index (χ3v) is 5.70. The maximum atomic E-state index is 12.4. The zero-order valence-corrected chi connectivity index (χ0v) is 16.9. The van der Waals surface area contributed by atoms with E-state index in [1.54, 1.807) is 7.11 Å². The van der Waals surface area contributed by atoms with E-state index < -0.39 is 0 Å². The zero-order chi connectivity index (χ0) is 19.2. The smallest absolute Gasteiger partial charge is 0.237 e. The summed E-state index contributed by atoms with van der Waals surface area (Å²) in [5.41, 5.74) is 2.80. The van der Waals surface area contributed by atoms with Gasteiger partial charge in [-0.3, -0.25) is 4.79 Å². The molecule has 3 aromatic rings. The van der Waals surface area contributed by atoms with Crippen molar-refractivity contribution < 1.29 is 9.53 Å². The number of hydrogen-bond donors (Lipinski definition) is 2. The molecule has 0 aliphatic rings. The number of benzene rings is 2. The highest BCUT2D eigenvalue weighted by molar-refractivity contribution is 8.02. The first-order valence-corrected chi connectivity index (χ1v) is 10.0. The largest absolute Gasteiger partial charge is 0.497 e. The second kappa shape index (κ2) is 8.88. The van der Waals surface area contributed by atoms with Crippen molar-refractivity contribution >= 4 is 45.5 Å². The number of hydrogen-bond acceptors (Lipinski definition) is 7. The Balaban J connectivity index is 1.56. The third-order valence-electron chi connectivity index (χ3n) is 3.68. The molecular formula is C19H20N4O2S2. The Bertz CT molecular complexity index is 912. The zero-order valence-electron chi connectivity index (χ0n) is 15.2. The van der Waals surface area contributed by atoms with Crippen LogP contribution in [0.3, 0.4) is 0 Å². The van der Waals surface area contributed by atoms with Gasteiger partial charge >= 0.3 is 0 Å². The Labute approximate surface area is 166 Å². The van der Waals surface area contributed by atoms with Crippen molar-refractivity contribution in [2.24, 2.45) is 0 Å². The highest BCUT2D eigenvalue weighted by atomic mass is 32.2. The molecular weight excluding hydrogens is 380 g/mol. The Hall–Kier alpha value is -2.58. The number of aryl methyl sites for hydroxylation is 1. The molecule has 1 amide bonds. The summed E-state index contributed by atoms with van der Waals surface area (Å²) in [6, 6.07) is 15.3. The van der Waals surface area contributed by atoms with Gasteiger partial charge in [-0.1, -0.05) is 35.2 Å². The first-order valence-electron chi connectivity index (χ1n) is 8.32. The predicted molar refractivity (Wildman–Crippen MR) is 111 cm³/mol. The Morgan fingerprint density at radius 1 is 1.15 bits per heavy atom. The molecule has 27 heavy (non-hydrogen) atoms. The summed E-state index contributed by atoms with van der Waals surface area (Å²) in [6.07, 6.45) is 0. The molecule has 3 rings (SSSR count). The molecule has 1 heterocycles. The lowest BCUT2D eigenvalue weighted by molar-refractivity contribution is -0.115. The quantitative estimate of drug-likeness (QED) is 0.559. The van der Waals surface area contributed by atoms with Crippen LogP contribution in [0.1, 0.15) is 12.5 Å². The maximum Gasteiger partial charge on any atom is 0.237 e. The van der Waals surface area contributed by atoms with Crippen LogP contribution >= 0.6 is 23.1 Å². The molecule has 0 unspecified atom stereocenters. The van der Waals surface area contributed by atoms with Crippen LogP contribution < -0.4 is 15.4 Å². The van der Waals surface area contributed by atoms with Gasteiger partial charge in [0.15, 0.2) is 4.34 Å². The van der Waals surface area contributed by atoms with E-state index in [9.17, 15) is 4.79 Å². The van der Waals surface area contributed by atoms with Crippen molar-refractivity contribution in [3.63, 3.8) is 0 Å². The topological polar surface area (TPSA) is 76.1 Å². The van der Waals surface area contributed by atoms with E-state index in [0.29, 0.717) is 5.13 Å². The molecule has 0 fully saturated rings. The van der Waals surface area contributed by atoms with E-state index in [1.807, 2.05) is 62.4 Å². The van der Waals surface area contributed by atoms with Crippen LogP contribution in [0.15, 0.2) is 52.9 Å². The monoisotopic (exact) mass is 400 g/mol. The van der Waals surface area contributed by atoms with Crippen molar-refractivity contribution in [2.75, 3.05) is 17.7 Å². The fourth-order valence-corrected chi connectivity index (χ4v) is 4.19. The third kappa shape index (κ3) is 5.45. The van der Waals surface area contributed by atoms with Crippen molar-refractivity contribution in [1.29, 1.82) is 0 Å². The first-order chi connectivity index (χ1) is 13.0. The molecule has 1 aromatic heterocycles. The Morgan fingerprint density at radius 3 is 2.63 bits per heavy atom. The lowest BCUT2D eigenvalue weighted by Gasteiger charge is -2.10. The van der Waals surface area contributed by atoms with Gasteiger partial charge in [-0.05, 0) is 55.8 Å². The molecule has 0 saturated heterocycles. The van der Waals surface area contributed by atoms with Crippen LogP contribution in [0.25, 0.3) is 0 Å². The highest BCUT2D eigenvalue weighted by Crippen LogP contribution is 2.31. The SMILES string of the molecule is COc1ccc(Nc2nnc(S[C@@H](C)C(=O)Nc3cccc(C)c3)s2)cc1. The van der Waals surface area contributed by atoms with Gasteiger partial charge in [0.1, 0.15) is 5.75 Å². The second-order valence-electron chi connectivity index (χ2n) is 5.85. The first kappa shape index (κ1) is 19.2. The predicted octanol–water partition coefficient (Wildman–Crippen LogP) is 4.72. The minimum Gasteiger partial charge on any atom is -0.497 e. The van der Waals surface area contributed by atoms with Crippen LogP contribution in [0.4, 0.5) is 16.5 Å². The number of carbonyl (C=O) groups is 1. The van der Waals surface area contributed by atoms with Crippen LogP contribution in [0.2, 0.25) is 0 Å². The van der Waals surface area contributed by atoms with Crippen LogP contribution in [-0.2, 0) is 4.79 Å². The lowest BCUT2D eigenvalue weighted by atomic mass is 10.2. The molecule has 0 bridgehead atoms. The second-order valence-corrected chi connectivity index (χ2v) is 8.41. The molecule has 0 saturated carbocycles.